The van der Waals surface area contributed by atoms with Gasteiger partial charge in [-0.05, 0) is 301 Å². The minimum atomic E-state index is 1.07. The van der Waals surface area contributed by atoms with Gasteiger partial charge >= 0.3 is 0 Å². The van der Waals surface area contributed by atoms with Crippen molar-refractivity contribution in [2.75, 3.05) is 0 Å². The standard InChI is InChI=1S/C44H30.C40H28.C32H26/c1-3-13-32-26-35(22-20-29(32)10-1)43-39-17-7-8-18-40(39)44(36-23-21-30-11-2-4-14-33(30)27-36)42-28-34(24-25-41(42)43)38-19-9-15-31-12-5-6-16-37(31)38;1-3-11-31-25-33(23-19-27(31)9-1)29-17-21-30(22-18-29)39-35-13-5-7-15-37(35)40(38-16-8-6-14-36(38)39)34-24-20-28-10-2-4-12-32(28)26-34;1-4-12-23(13-5-1)26-20-21-29-30(22-26)32(25-16-8-3-9-17-25)28-19-11-10-18-27(28)31(29)24-14-6-2-7-15-24/h1-8,10-14,16-28H,9,15H2;1-18,20-22,24-26H,19,23H2;2-3,6-12,14-22H,1,4-5,13H2. The minimum Gasteiger partial charge on any atom is -0.0807 e. The maximum absolute atomic E-state index is 2.46. The molecule has 0 N–H and O–H groups in total. The van der Waals surface area contributed by atoms with Gasteiger partial charge in [0.25, 0.3) is 0 Å². The normalized spacial score (nSPS) is 13.2. The summed E-state index contributed by atoms with van der Waals surface area (Å²) in [4.78, 5) is 0. The molecule has 0 heterocycles. The fourth-order valence-corrected chi connectivity index (χ4v) is 19.3. The van der Waals surface area contributed by atoms with Gasteiger partial charge in [0, 0.05) is 0 Å². The summed E-state index contributed by atoms with van der Waals surface area (Å²) in [5.41, 5.74) is 29.4. The van der Waals surface area contributed by atoms with Crippen LogP contribution in [0.1, 0.15) is 77.5 Å². The Morgan fingerprint density at radius 3 is 1.01 bits per heavy atom. The van der Waals surface area contributed by atoms with E-state index in [0.717, 1.165) is 25.7 Å². The first-order valence-corrected chi connectivity index (χ1v) is 41.4. The van der Waals surface area contributed by atoms with Gasteiger partial charge in [0.05, 0.1) is 0 Å². The molecule has 0 atom stereocenters. The third-order valence-corrected chi connectivity index (χ3v) is 24.9. The molecule has 0 nitrogen and oxygen atoms in total. The van der Waals surface area contributed by atoms with Crippen LogP contribution in [0.15, 0.2) is 406 Å². The zero-order valence-corrected chi connectivity index (χ0v) is 64.9. The summed E-state index contributed by atoms with van der Waals surface area (Å²) in [5.74, 6) is 0. The highest BCUT2D eigenvalue weighted by atomic mass is 14.3. The van der Waals surface area contributed by atoms with E-state index in [0.29, 0.717) is 0 Å². The second kappa shape index (κ2) is 30.5. The molecule has 116 heavy (non-hydrogen) atoms. The van der Waals surface area contributed by atoms with E-state index in [-0.39, 0.29) is 0 Å². The maximum atomic E-state index is 2.46. The summed E-state index contributed by atoms with van der Waals surface area (Å²) >= 11 is 0. The van der Waals surface area contributed by atoms with Gasteiger partial charge in [-0.15, -0.1) is 0 Å². The van der Waals surface area contributed by atoms with Crippen molar-refractivity contribution in [1.29, 1.82) is 0 Å². The Bertz CT molecular complexity index is 7290. The molecule has 0 fully saturated rings. The number of hydrogen-bond donors (Lipinski definition) is 0. The molecule has 0 heteroatoms. The second-order valence-electron chi connectivity index (χ2n) is 31.6. The number of hydrogen-bond acceptors (Lipinski definition) is 0. The monoisotopic (exact) mass is 1480 g/mol. The van der Waals surface area contributed by atoms with Gasteiger partial charge in [0.1, 0.15) is 0 Å². The van der Waals surface area contributed by atoms with Crippen LogP contribution in [0.4, 0.5) is 0 Å². The Morgan fingerprint density at radius 2 is 0.526 bits per heavy atom. The Hall–Kier alpha value is -14.0. The summed E-state index contributed by atoms with van der Waals surface area (Å²) in [5, 5.41) is 23.2. The highest BCUT2D eigenvalue weighted by molar-refractivity contribution is 6.25. The first-order valence-electron chi connectivity index (χ1n) is 41.4. The van der Waals surface area contributed by atoms with E-state index >= 15 is 0 Å². The van der Waals surface area contributed by atoms with Crippen LogP contribution in [0.25, 0.3) is 187 Å². The average molecular weight is 1480 g/mol. The fraction of sp³-hybridized carbons (Fsp3) is 0.0690. The third-order valence-electron chi connectivity index (χ3n) is 24.9. The fourth-order valence-electron chi connectivity index (χ4n) is 19.3. The summed E-state index contributed by atoms with van der Waals surface area (Å²) in [7, 11) is 0. The van der Waals surface area contributed by atoms with Crippen LogP contribution in [0.5, 0.6) is 0 Å². The summed E-state index contributed by atoms with van der Waals surface area (Å²) in [6.07, 6.45) is 16.6. The zero-order valence-electron chi connectivity index (χ0n) is 64.9. The molecule has 0 bridgehead atoms. The molecule has 0 radical (unpaired) electrons. The first kappa shape index (κ1) is 69.9. The van der Waals surface area contributed by atoms with Crippen molar-refractivity contribution in [1.82, 2.24) is 0 Å². The van der Waals surface area contributed by atoms with E-state index in [2.05, 4.69) is 413 Å². The van der Waals surface area contributed by atoms with Crippen molar-refractivity contribution >= 4 is 120 Å². The van der Waals surface area contributed by atoms with E-state index < -0.39 is 0 Å². The van der Waals surface area contributed by atoms with Crippen molar-refractivity contribution in [3.8, 4) is 66.8 Å². The Morgan fingerprint density at radius 1 is 0.172 bits per heavy atom. The van der Waals surface area contributed by atoms with Crippen molar-refractivity contribution in [2.24, 2.45) is 0 Å². The number of benzene rings is 20. The van der Waals surface area contributed by atoms with Crippen molar-refractivity contribution in [3.63, 3.8) is 0 Å². The Labute approximate surface area is 678 Å². The lowest BCUT2D eigenvalue weighted by molar-refractivity contribution is 0.742. The van der Waals surface area contributed by atoms with Gasteiger partial charge in [-0.1, -0.05) is 382 Å². The molecule has 548 valence electrons. The van der Waals surface area contributed by atoms with Crippen molar-refractivity contribution < 1.29 is 0 Å². The lowest BCUT2D eigenvalue weighted by atomic mass is 9.82. The summed E-state index contributed by atoms with van der Waals surface area (Å²) in [6.45, 7) is 0. The lowest BCUT2D eigenvalue weighted by Crippen LogP contribution is -2.01. The van der Waals surface area contributed by atoms with Crippen LogP contribution in [-0.4, -0.2) is 0 Å². The molecule has 23 rings (SSSR count). The lowest BCUT2D eigenvalue weighted by Gasteiger charge is -2.21. The van der Waals surface area contributed by atoms with E-state index in [9.17, 15) is 0 Å². The highest BCUT2D eigenvalue weighted by Gasteiger charge is 2.24. The topological polar surface area (TPSA) is 0 Å². The van der Waals surface area contributed by atoms with Gasteiger partial charge in [-0.25, -0.2) is 0 Å². The third kappa shape index (κ3) is 12.9. The summed E-state index contributed by atoms with van der Waals surface area (Å²) in [6, 6.07) is 145. The van der Waals surface area contributed by atoms with Crippen molar-refractivity contribution in [2.45, 2.75) is 51.4 Å². The molecule has 20 aromatic carbocycles. The largest absolute Gasteiger partial charge is 0.0807 e. The molecule has 0 unspecified atom stereocenters. The molecule has 0 aromatic heterocycles. The van der Waals surface area contributed by atoms with Crippen LogP contribution in [0, 0.1) is 0 Å². The van der Waals surface area contributed by atoms with Crippen LogP contribution >= 0.6 is 0 Å². The zero-order chi connectivity index (χ0) is 76.8. The van der Waals surface area contributed by atoms with Crippen LogP contribution in [0.2, 0.25) is 0 Å². The van der Waals surface area contributed by atoms with E-state index in [1.165, 1.54) is 245 Å². The van der Waals surface area contributed by atoms with Crippen molar-refractivity contribution in [3.05, 3.63) is 445 Å². The van der Waals surface area contributed by atoms with Crippen LogP contribution in [-0.2, 0) is 12.8 Å². The smallest absolute Gasteiger partial charge is 0.00259 e. The van der Waals surface area contributed by atoms with E-state index in [1.54, 1.807) is 0 Å². The molecule has 3 aliphatic carbocycles. The predicted octanol–water partition coefficient (Wildman–Crippen LogP) is 32.3. The molecule has 0 spiro atoms. The van der Waals surface area contributed by atoms with Gasteiger partial charge in [0.2, 0.25) is 0 Å². The van der Waals surface area contributed by atoms with E-state index in [1.807, 2.05) is 0 Å². The SMILES string of the molecule is C1=C(c2ccc(-c3c4ccccc4c(-c4ccc5ccccc5c4)c4ccccc34)cc2)CCc2ccccc21.C1=C(c2ccc3c(-c4ccc5ccccc5c4)c4ccccc4c(-c4ccc5ccccc5c4)c3c2)c2ccccc2CC1.C1=C(c2ccc3c(-c4ccccc4)c4ccccc4c(-c4ccccc4)c3c2)CCCC1. The quantitative estimate of drug-likeness (QED) is 0.126. The average Bonchev–Trinajstić information content (AvgIpc) is 0.740. The molecule has 3 aliphatic rings. The van der Waals surface area contributed by atoms with Gasteiger partial charge in [-0.3, -0.25) is 0 Å². The molecule has 0 amide bonds. The maximum Gasteiger partial charge on any atom is -0.00259 e. The Balaban J connectivity index is 0.000000110. The van der Waals surface area contributed by atoms with Gasteiger partial charge in [-0.2, -0.15) is 0 Å². The molecule has 0 aliphatic heterocycles. The number of aryl methyl sites for hydroxylation is 2. The van der Waals surface area contributed by atoms with Gasteiger partial charge in [0.15, 0.2) is 0 Å². The molecule has 0 saturated heterocycles. The second-order valence-corrected chi connectivity index (χ2v) is 31.6. The molecular weight excluding hydrogens is 1390 g/mol. The Kier molecular flexibility index (Phi) is 18.4. The first-order chi connectivity index (χ1) is 57.5. The van der Waals surface area contributed by atoms with Crippen LogP contribution < -0.4 is 0 Å². The molecule has 20 aromatic rings. The van der Waals surface area contributed by atoms with E-state index in [4.69, 9.17) is 0 Å². The number of rotatable bonds is 9. The number of fused-ring (bicyclic) bond motifs is 11. The predicted molar refractivity (Wildman–Crippen MR) is 500 cm³/mol. The molecular formula is C116H84. The minimum absolute atomic E-state index is 1.07. The van der Waals surface area contributed by atoms with Crippen LogP contribution in [0.3, 0.4) is 0 Å². The summed E-state index contributed by atoms with van der Waals surface area (Å²) < 4.78 is 0. The molecule has 0 saturated carbocycles. The number of allylic oxidation sites excluding steroid dienone is 4. The van der Waals surface area contributed by atoms with Gasteiger partial charge < -0.3 is 0 Å². The highest BCUT2D eigenvalue weighted by Crippen LogP contribution is 2.50.